The maximum Gasteiger partial charge on any atom is 0.231 e. The molecular formula is C22H29ClN2O. The van der Waals surface area contributed by atoms with Crippen molar-refractivity contribution in [1.82, 2.24) is 10.6 Å². The molecule has 0 fully saturated rings. The Kier molecular flexibility index (Phi) is 7.24. The molecule has 2 aromatic carbocycles. The summed E-state index contributed by atoms with van der Waals surface area (Å²) in [6.45, 7) is 4.24. The third kappa shape index (κ3) is 3.94. The first-order valence-corrected chi connectivity index (χ1v) is 9.66. The average molecular weight is 373 g/mol. The highest BCUT2D eigenvalue weighted by atomic mass is 35.5. The predicted octanol–water partition coefficient (Wildman–Crippen LogP) is 4.84. The van der Waals surface area contributed by atoms with Crippen molar-refractivity contribution in [3.05, 3.63) is 70.2 Å². The molecule has 3 rings (SSSR count). The van der Waals surface area contributed by atoms with Crippen LogP contribution < -0.4 is 10.6 Å². The van der Waals surface area contributed by atoms with Crippen LogP contribution in [0.25, 0.3) is 0 Å². The lowest BCUT2D eigenvalue weighted by Crippen LogP contribution is -2.50. The summed E-state index contributed by atoms with van der Waals surface area (Å²) in [5.41, 5.74) is 3.03. The third-order valence-electron chi connectivity index (χ3n) is 4.98. The van der Waals surface area contributed by atoms with Crippen molar-refractivity contribution in [3.63, 3.8) is 0 Å². The number of hydrogen-bond acceptors (Lipinski definition) is 2. The molecule has 0 radical (unpaired) electrons. The second kappa shape index (κ2) is 9.20. The van der Waals surface area contributed by atoms with E-state index in [0.29, 0.717) is 5.02 Å². The van der Waals surface area contributed by atoms with Gasteiger partial charge in [-0.1, -0.05) is 68.3 Å². The van der Waals surface area contributed by atoms with Crippen molar-refractivity contribution in [1.29, 1.82) is 0 Å². The second-order valence-electron chi connectivity index (χ2n) is 6.73. The van der Waals surface area contributed by atoms with Crippen LogP contribution in [-0.2, 0) is 10.2 Å². The second-order valence-corrected chi connectivity index (χ2v) is 7.17. The molecule has 2 atom stereocenters. The first kappa shape index (κ1) is 20.5. The normalized spacial score (nSPS) is 21.3. The standard InChI is InChI=1S/C20H22ClNO.C2H7N/c1-3-13-20(4-2)17-8-6-5-7-16(17)18(22-19(20)23)14-9-11-15(21)12-10-14;1-3-2/h5-12,18H,3-4,13H2,1-2H3,(H,22,23);3H,1-2H3. The van der Waals surface area contributed by atoms with Crippen LogP contribution in [0.2, 0.25) is 5.02 Å². The zero-order valence-electron chi connectivity index (χ0n) is 16.1. The summed E-state index contributed by atoms with van der Waals surface area (Å²) in [6, 6.07) is 16.0. The van der Waals surface area contributed by atoms with E-state index >= 15 is 0 Å². The van der Waals surface area contributed by atoms with Gasteiger partial charge < -0.3 is 10.6 Å². The third-order valence-corrected chi connectivity index (χ3v) is 5.23. The molecule has 1 aliphatic rings. The van der Waals surface area contributed by atoms with Crippen molar-refractivity contribution in [3.8, 4) is 0 Å². The minimum absolute atomic E-state index is 0.104. The van der Waals surface area contributed by atoms with Crippen LogP contribution in [0, 0.1) is 0 Å². The SMILES string of the molecule is CCCC1(CC)C(=O)NC(c2ccc(Cl)cc2)c2ccccc21.CNC. The summed E-state index contributed by atoms with van der Waals surface area (Å²) in [5.74, 6) is 0.139. The van der Waals surface area contributed by atoms with E-state index in [-0.39, 0.29) is 11.9 Å². The number of carbonyl (C=O) groups excluding carboxylic acids is 1. The summed E-state index contributed by atoms with van der Waals surface area (Å²) in [5, 5.41) is 6.71. The summed E-state index contributed by atoms with van der Waals surface area (Å²) < 4.78 is 0. The molecule has 0 spiro atoms. The van der Waals surface area contributed by atoms with E-state index in [2.05, 4.69) is 36.6 Å². The smallest absolute Gasteiger partial charge is 0.231 e. The molecule has 0 aliphatic carbocycles. The number of benzene rings is 2. The van der Waals surface area contributed by atoms with Gasteiger partial charge in [-0.05, 0) is 55.8 Å². The molecule has 3 nitrogen and oxygen atoms in total. The Balaban J connectivity index is 0.000000758. The summed E-state index contributed by atoms with van der Waals surface area (Å²) in [4.78, 5) is 13.0. The van der Waals surface area contributed by atoms with E-state index in [9.17, 15) is 4.79 Å². The molecule has 140 valence electrons. The zero-order valence-corrected chi connectivity index (χ0v) is 16.9. The summed E-state index contributed by atoms with van der Waals surface area (Å²) in [7, 11) is 3.75. The van der Waals surface area contributed by atoms with E-state index in [4.69, 9.17) is 11.6 Å². The Morgan fingerprint density at radius 1 is 1.08 bits per heavy atom. The van der Waals surface area contributed by atoms with Crippen LogP contribution >= 0.6 is 11.6 Å². The van der Waals surface area contributed by atoms with Crippen molar-refractivity contribution in [2.75, 3.05) is 14.1 Å². The highest BCUT2D eigenvalue weighted by Crippen LogP contribution is 2.43. The van der Waals surface area contributed by atoms with E-state index in [1.807, 2.05) is 50.5 Å². The minimum Gasteiger partial charge on any atom is -0.344 e. The largest absolute Gasteiger partial charge is 0.344 e. The van der Waals surface area contributed by atoms with Crippen molar-refractivity contribution < 1.29 is 4.79 Å². The van der Waals surface area contributed by atoms with Gasteiger partial charge in [-0.25, -0.2) is 0 Å². The minimum atomic E-state index is -0.408. The van der Waals surface area contributed by atoms with Gasteiger partial charge in [0.15, 0.2) is 0 Å². The Morgan fingerprint density at radius 3 is 2.27 bits per heavy atom. The van der Waals surface area contributed by atoms with Crippen LogP contribution in [0.5, 0.6) is 0 Å². The van der Waals surface area contributed by atoms with Crippen LogP contribution in [0.4, 0.5) is 0 Å². The lowest BCUT2D eigenvalue weighted by molar-refractivity contribution is -0.128. The quantitative estimate of drug-likeness (QED) is 0.806. The molecule has 2 aromatic rings. The molecular weight excluding hydrogens is 344 g/mol. The number of amides is 1. The number of fused-ring (bicyclic) bond motifs is 1. The molecule has 1 heterocycles. The molecule has 0 saturated carbocycles. The topological polar surface area (TPSA) is 41.1 Å². The fourth-order valence-corrected chi connectivity index (χ4v) is 3.90. The molecule has 0 saturated heterocycles. The van der Waals surface area contributed by atoms with Gasteiger partial charge in [-0.15, -0.1) is 0 Å². The highest BCUT2D eigenvalue weighted by Gasteiger charge is 2.44. The molecule has 2 N–H and O–H groups in total. The molecule has 0 bridgehead atoms. The Labute approximate surface area is 162 Å². The van der Waals surface area contributed by atoms with Gasteiger partial charge in [0.05, 0.1) is 11.5 Å². The lowest BCUT2D eigenvalue weighted by atomic mass is 9.68. The number of nitrogens with one attached hydrogen (secondary N) is 2. The first-order chi connectivity index (χ1) is 12.5. The molecule has 1 aliphatic heterocycles. The van der Waals surface area contributed by atoms with E-state index in [0.717, 1.165) is 24.8 Å². The van der Waals surface area contributed by atoms with Gasteiger partial charge in [0, 0.05) is 5.02 Å². The van der Waals surface area contributed by atoms with E-state index < -0.39 is 5.41 Å². The Hall–Kier alpha value is -1.84. The van der Waals surface area contributed by atoms with Crippen LogP contribution in [0.1, 0.15) is 55.8 Å². The van der Waals surface area contributed by atoms with Gasteiger partial charge in [0.25, 0.3) is 0 Å². The van der Waals surface area contributed by atoms with Gasteiger partial charge in [-0.3, -0.25) is 4.79 Å². The van der Waals surface area contributed by atoms with Gasteiger partial charge in [-0.2, -0.15) is 0 Å². The summed E-state index contributed by atoms with van der Waals surface area (Å²) >= 11 is 6.00. The Bertz CT molecular complexity index is 729. The average Bonchev–Trinajstić information content (AvgIpc) is 2.65. The van der Waals surface area contributed by atoms with E-state index in [1.54, 1.807) is 0 Å². The van der Waals surface area contributed by atoms with Crippen LogP contribution in [0.15, 0.2) is 48.5 Å². The molecule has 1 amide bonds. The maximum atomic E-state index is 13.0. The monoisotopic (exact) mass is 372 g/mol. The molecule has 4 heteroatoms. The zero-order chi connectivity index (χ0) is 19.2. The van der Waals surface area contributed by atoms with Gasteiger partial charge in [0.1, 0.15) is 0 Å². The van der Waals surface area contributed by atoms with Gasteiger partial charge in [0.2, 0.25) is 5.91 Å². The highest BCUT2D eigenvalue weighted by molar-refractivity contribution is 6.30. The fraction of sp³-hybridized carbons (Fsp3) is 0.409. The first-order valence-electron chi connectivity index (χ1n) is 9.28. The van der Waals surface area contributed by atoms with Crippen LogP contribution in [0.3, 0.4) is 0 Å². The van der Waals surface area contributed by atoms with E-state index in [1.165, 1.54) is 11.1 Å². The number of rotatable bonds is 4. The molecule has 2 unspecified atom stereocenters. The van der Waals surface area contributed by atoms with Crippen molar-refractivity contribution in [2.24, 2.45) is 0 Å². The Morgan fingerprint density at radius 2 is 1.69 bits per heavy atom. The van der Waals surface area contributed by atoms with Crippen molar-refractivity contribution in [2.45, 2.75) is 44.6 Å². The summed E-state index contributed by atoms with van der Waals surface area (Å²) in [6.07, 6.45) is 2.68. The van der Waals surface area contributed by atoms with Gasteiger partial charge >= 0.3 is 0 Å². The fourth-order valence-electron chi connectivity index (χ4n) is 3.77. The van der Waals surface area contributed by atoms with Crippen LogP contribution in [-0.4, -0.2) is 20.0 Å². The molecule has 0 aromatic heterocycles. The van der Waals surface area contributed by atoms with Crippen molar-refractivity contribution >= 4 is 17.5 Å². The predicted molar refractivity (Wildman–Crippen MR) is 110 cm³/mol. The maximum absolute atomic E-state index is 13.0. The number of hydrogen-bond donors (Lipinski definition) is 2. The number of carbonyl (C=O) groups is 1. The number of halogens is 1. The lowest BCUT2D eigenvalue weighted by Gasteiger charge is -2.41. The molecule has 26 heavy (non-hydrogen) atoms.